The van der Waals surface area contributed by atoms with Gasteiger partial charge in [0, 0.05) is 24.2 Å². The van der Waals surface area contributed by atoms with Gasteiger partial charge in [0.05, 0.1) is 4.90 Å². The predicted molar refractivity (Wildman–Crippen MR) is 122 cm³/mol. The highest BCUT2D eigenvalue weighted by atomic mass is 32.2. The zero-order valence-corrected chi connectivity index (χ0v) is 17.9. The van der Waals surface area contributed by atoms with E-state index in [1.165, 1.54) is 4.31 Å². The van der Waals surface area contributed by atoms with Gasteiger partial charge in [-0.1, -0.05) is 78.4 Å². The van der Waals surface area contributed by atoms with E-state index in [9.17, 15) is 13.2 Å². The molecule has 0 unspecified atom stereocenters. The lowest BCUT2D eigenvalue weighted by atomic mass is 9.96. The maximum absolute atomic E-state index is 13.5. The molecule has 1 fully saturated rings. The van der Waals surface area contributed by atoms with Crippen molar-refractivity contribution in [1.82, 2.24) is 4.31 Å². The fourth-order valence-electron chi connectivity index (χ4n) is 4.31. The van der Waals surface area contributed by atoms with Crippen LogP contribution in [0.3, 0.4) is 0 Å². The van der Waals surface area contributed by atoms with Crippen LogP contribution in [0.1, 0.15) is 16.7 Å². The smallest absolute Gasteiger partial charge is 0.243 e. The van der Waals surface area contributed by atoms with E-state index in [2.05, 4.69) is 0 Å². The fourth-order valence-corrected chi connectivity index (χ4v) is 5.68. The van der Waals surface area contributed by atoms with Crippen molar-refractivity contribution in [2.24, 2.45) is 0 Å². The Labute approximate surface area is 182 Å². The molecule has 0 N–H and O–H groups in total. The van der Waals surface area contributed by atoms with Crippen LogP contribution in [0, 0.1) is 6.92 Å². The van der Waals surface area contributed by atoms with Crippen molar-refractivity contribution in [3.05, 3.63) is 113 Å². The number of fused-ring (bicyclic) bond motifs is 1. The first kappa shape index (κ1) is 19.7. The molecule has 0 bridgehead atoms. The molecule has 1 aliphatic carbocycles. The molecule has 1 saturated heterocycles. The number of allylic oxidation sites excluding steroid dienone is 2. The molecule has 0 saturated carbocycles. The van der Waals surface area contributed by atoms with Gasteiger partial charge >= 0.3 is 0 Å². The standard InChI is InChI=1S/C26H21NO3S/c1-18-12-14-21(15-13-18)31(29,30)27-16-22-23(17-27)25(20-10-6-3-7-11-20)26(28)24(22)19-8-4-2-5-9-19/h2-15H,16-17H2,1H3. The lowest BCUT2D eigenvalue weighted by molar-refractivity contribution is -0.108. The quantitative estimate of drug-likeness (QED) is 0.617. The summed E-state index contributed by atoms with van der Waals surface area (Å²) >= 11 is 0. The second-order valence-electron chi connectivity index (χ2n) is 7.85. The van der Waals surface area contributed by atoms with Crippen LogP contribution in [-0.4, -0.2) is 31.6 Å². The van der Waals surface area contributed by atoms with Crippen LogP contribution < -0.4 is 0 Å². The molecule has 0 spiro atoms. The van der Waals surface area contributed by atoms with E-state index >= 15 is 0 Å². The van der Waals surface area contributed by atoms with Gasteiger partial charge in [-0.15, -0.1) is 0 Å². The third-order valence-corrected chi connectivity index (χ3v) is 7.68. The Morgan fingerprint density at radius 3 is 1.58 bits per heavy atom. The van der Waals surface area contributed by atoms with E-state index in [-0.39, 0.29) is 23.8 Å². The average Bonchev–Trinajstić information content (AvgIpc) is 3.32. The van der Waals surface area contributed by atoms with Crippen molar-refractivity contribution in [2.45, 2.75) is 11.8 Å². The predicted octanol–water partition coefficient (Wildman–Crippen LogP) is 4.49. The molecule has 31 heavy (non-hydrogen) atoms. The monoisotopic (exact) mass is 427 g/mol. The molecule has 0 radical (unpaired) electrons. The number of sulfonamides is 1. The summed E-state index contributed by atoms with van der Waals surface area (Å²) < 4.78 is 28.2. The van der Waals surface area contributed by atoms with Crippen LogP contribution in [0.2, 0.25) is 0 Å². The molecule has 1 heterocycles. The van der Waals surface area contributed by atoms with Crippen molar-refractivity contribution in [3.8, 4) is 0 Å². The van der Waals surface area contributed by atoms with Gasteiger partial charge < -0.3 is 0 Å². The molecule has 0 amide bonds. The topological polar surface area (TPSA) is 54.5 Å². The SMILES string of the molecule is Cc1ccc(S(=O)(=O)N2CC3=C(c4ccccc4)C(=O)C(c4ccccc4)=C3C2)cc1. The van der Waals surface area contributed by atoms with Crippen LogP contribution in [0.5, 0.6) is 0 Å². The lowest BCUT2D eigenvalue weighted by Gasteiger charge is -2.17. The van der Waals surface area contributed by atoms with Crippen molar-refractivity contribution in [1.29, 1.82) is 0 Å². The second kappa shape index (κ2) is 7.45. The van der Waals surface area contributed by atoms with E-state index in [0.717, 1.165) is 27.8 Å². The van der Waals surface area contributed by atoms with Gasteiger partial charge in [0.2, 0.25) is 10.0 Å². The van der Waals surface area contributed by atoms with Gasteiger partial charge in [0.15, 0.2) is 5.78 Å². The Hall–Kier alpha value is -3.28. The highest BCUT2D eigenvalue weighted by Crippen LogP contribution is 2.45. The molecule has 5 heteroatoms. The third kappa shape index (κ3) is 3.26. The van der Waals surface area contributed by atoms with Gasteiger partial charge in [-0.3, -0.25) is 4.79 Å². The summed E-state index contributed by atoms with van der Waals surface area (Å²) in [5.74, 6) is -0.0326. The summed E-state index contributed by atoms with van der Waals surface area (Å²) in [6.45, 7) is 2.31. The number of Topliss-reactive ketones (excluding diaryl/α,β-unsaturated/α-hetero) is 1. The number of nitrogens with zero attached hydrogens (tertiary/aromatic N) is 1. The van der Waals surface area contributed by atoms with Gasteiger partial charge in [0.1, 0.15) is 0 Å². The van der Waals surface area contributed by atoms with E-state index in [0.29, 0.717) is 11.1 Å². The molecule has 0 aromatic heterocycles. The minimum atomic E-state index is -3.67. The summed E-state index contributed by atoms with van der Waals surface area (Å²) in [6, 6.07) is 25.9. The number of rotatable bonds is 4. The molecule has 0 atom stereocenters. The maximum atomic E-state index is 13.5. The Balaban J connectivity index is 1.64. The first-order valence-electron chi connectivity index (χ1n) is 10.2. The van der Waals surface area contributed by atoms with Gasteiger partial charge in [-0.05, 0) is 41.3 Å². The normalized spacial score (nSPS) is 16.9. The van der Waals surface area contributed by atoms with Crippen LogP contribution in [0.25, 0.3) is 11.1 Å². The number of ketones is 1. The lowest BCUT2D eigenvalue weighted by Crippen LogP contribution is -2.29. The minimum Gasteiger partial charge on any atom is -0.289 e. The first-order chi connectivity index (χ1) is 15.0. The van der Waals surface area contributed by atoms with Crippen LogP contribution in [0.4, 0.5) is 0 Å². The summed E-state index contributed by atoms with van der Waals surface area (Å²) in [4.78, 5) is 13.8. The highest BCUT2D eigenvalue weighted by Gasteiger charge is 2.42. The molecule has 3 aromatic rings. The molecule has 154 valence electrons. The number of carbonyl (C=O) groups excluding carboxylic acids is 1. The summed E-state index contributed by atoms with van der Waals surface area (Å²) in [5.41, 5.74) is 5.48. The third-order valence-electron chi connectivity index (χ3n) is 5.87. The maximum Gasteiger partial charge on any atom is 0.243 e. The van der Waals surface area contributed by atoms with Gasteiger partial charge in [-0.2, -0.15) is 4.31 Å². The first-order valence-corrected chi connectivity index (χ1v) is 11.6. The minimum absolute atomic E-state index is 0.0326. The number of aryl methyl sites for hydroxylation is 1. The molecule has 2 aliphatic rings. The molecule has 5 rings (SSSR count). The average molecular weight is 428 g/mol. The number of carbonyl (C=O) groups is 1. The van der Waals surface area contributed by atoms with Crippen LogP contribution in [0.15, 0.2) is 101 Å². The summed E-state index contributed by atoms with van der Waals surface area (Å²) in [5, 5.41) is 0. The van der Waals surface area contributed by atoms with E-state index in [4.69, 9.17) is 0 Å². The van der Waals surface area contributed by atoms with Crippen molar-refractivity contribution < 1.29 is 13.2 Å². The zero-order chi connectivity index (χ0) is 21.6. The number of hydrogen-bond donors (Lipinski definition) is 0. The van der Waals surface area contributed by atoms with Crippen molar-refractivity contribution >= 4 is 27.0 Å². The van der Waals surface area contributed by atoms with Crippen molar-refractivity contribution in [2.75, 3.05) is 13.1 Å². The Morgan fingerprint density at radius 1 is 0.677 bits per heavy atom. The number of hydrogen-bond acceptors (Lipinski definition) is 3. The molecule has 4 nitrogen and oxygen atoms in total. The Kier molecular flexibility index (Phi) is 4.73. The molecule has 3 aromatic carbocycles. The van der Waals surface area contributed by atoms with Gasteiger partial charge in [-0.25, -0.2) is 8.42 Å². The Morgan fingerprint density at radius 2 is 1.13 bits per heavy atom. The van der Waals surface area contributed by atoms with Crippen molar-refractivity contribution in [3.63, 3.8) is 0 Å². The molecule has 1 aliphatic heterocycles. The van der Waals surface area contributed by atoms with Gasteiger partial charge in [0.25, 0.3) is 0 Å². The zero-order valence-electron chi connectivity index (χ0n) is 17.1. The van der Waals surface area contributed by atoms with Crippen LogP contribution in [-0.2, 0) is 14.8 Å². The van der Waals surface area contributed by atoms with E-state index in [1.807, 2.05) is 67.6 Å². The fraction of sp³-hybridized carbons (Fsp3) is 0.115. The number of benzene rings is 3. The van der Waals surface area contributed by atoms with E-state index in [1.54, 1.807) is 24.3 Å². The summed E-state index contributed by atoms with van der Waals surface area (Å²) in [7, 11) is -3.67. The van der Waals surface area contributed by atoms with E-state index < -0.39 is 10.0 Å². The second-order valence-corrected chi connectivity index (χ2v) is 9.79. The van der Waals surface area contributed by atoms with Crippen LogP contribution >= 0.6 is 0 Å². The molecular formula is C26H21NO3S. The highest BCUT2D eigenvalue weighted by molar-refractivity contribution is 7.89. The summed E-state index contributed by atoms with van der Waals surface area (Å²) in [6.07, 6.45) is 0. The molecular weight excluding hydrogens is 406 g/mol. The Bertz CT molecular complexity index is 1270. The largest absolute Gasteiger partial charge is 0.289 e.